The molecule has 1 aliphatic heterocycles. The fourth-order valence-electron chi connectivity index (χ4n) is 3.69. The molecule has 4 atom stereocenters. The van der Waals surface area contributed by atoms with Gasteiger partial charge in [0.1, 0.15) is 29.2 Å². The third-order valence-electron chi connectivity index (χ3n) is 5.59. The summed E-state index contributed by atoms with van der Waals surface area (Å²) in [6.07, 6.45) is 9.65. The molecule has 2 rings (SSSR count). The third kappa shape index (κ3) is 6.69. The van der Waals surface area contributed by atoms with Crippen LogP contribution in [0.4, 0.5) is 0 Å². The average molecular weight is 440 g/mol. The summed E-state index contributed by atoms with van der Waals surface area (Å²) in [6, 6.07) is 4.48. The van der Waals surface area contributed by atoms with Crippen molar-refractivity contribution in [1.29, 1.82) is 0 Å². The highest BCUT2D eigenvalue weighted by Crippen LogP contribution is 2.26. The van der Waals surface area contributed by atoms with Crippen molar-refractivity contribution in [3.8, 4) is 5.75 Å². The van der Waals surface area contributed by atoms with Crippen molar-refractivity contribution in [2.45, 2.75) is 52.7 Å². The molecule has 1 amide bonds. The minimum atomic E-state index is -1.30. The topological polar surface area (TPSA) is 107 Å². The molecule has 0 aliphatic carbocycles. The predicted molar refractivity (Wildman–Crippen MR) is 125 cm³/mol. The van der Waals surface area contributed by atoms with Gasteiger partial charge in [0.15, 0.2) is 5.78 Å². The highest BCUT2D eigenvalue weighted by atomic mass is 16.3. The highest BCUT2D eigenvalue weighted by Gasteiger charge is 2.42. The molecule has 0 aromatic heterocycles. The smallest absolute Gasteiger partial charge is 0.259 e. The van der Waals surface area contributed by atoms with Gasteiger partial charge in [-0.15, -0.1) is 0 Å². The molecule has 1 fully saturated rings. The first-order valence-corrected chi connectivity index (χ1v) is 10.9. The molecule has 6 heteroatoms. The summed E-state index contributed by atoms with van der Waals surface area (Å²) >= 11 is 0. The number of nitrogens with one attached hydrogen (secondary N) is 1. The lowest BCUT2D eigenvalue weighted by Gasteiger charge is -2.16. The number of allylic oxidation sites excluding steroid dienone is 6. The van der Waals surface area contributed by atoms with Crippen LogP contribution in [0.15, 0.2) is 71.6 Å². The van der Waals surface area contributed by atoms with Gasteiger partial charge >= 0.3 is 0 Å². The number of Topliss-reactive ketones (excluding diaryl/α,β-unsaturated/α-hetero) is 1. The lowest BCUT2D eigenvalue weighted by Crippen LogP contribution is -2.35. The molecule has 0 spiro atoms. The molecule has 32 heavy (non-hydrogen) atoms. The van der Waals surface area contributed by atoms with Gasteiger partial charge in [0, 0.05) is 0 Å². The zero-order valence-electron chi connectivity index (χ0n) is 19.1. The number of amides is 1. The SMILES string of the molecule is CC[C@@H](C)C[C@@H](C)/C=C(C)/C=C/C=C/C(O)=C1\C(=O)N[C@@H]([C@H](O)c2ccc(O)cc2)C1=O. The van der Waals surface area contributed by atoms with Gasteiger partial charge in [0.2, 0.25) is 0 Å². The van der Waals surface area contributed by atoms with Crippen LogP contribution in [0.25, 0.3) is 0 Å². The zero-order chi connectivity index (χ0) is 23.8. The molecule has 1 aromatic rings. The van der Waals surface area contributed by atoms with Crippen LogP contribution in [-0.2, 0) is 9.59 Å². The van der Waals surface area contributed by atoms with Gasteiger partial charge in [-0.05, 0) is 49.0 Å². The van der Waals surface area contributed by atoms with Crippen molar-refractivity contribution in [2.75, 3.05) is 0 Å². The standard InChI is InChI=1S/C26H33NO5/c1-5-16(2)14-18(4)15-17(3)8-6-7-9-21(29)22-25(31)23(27-26(22)32)24(30)19-10-12-20(28)13-11-19/h6-13,15-16,18,23-24,28-30H,5,14H2,1-4H3,(H,27,32)/b8-6+,9-7+,17-15+,22-21+/t16-,18-,23+,24-/m1/s1. The Morgan fingerprint density at radius 2 is 1.75 bits per heavy atom. The second-order valence-electron chi connectivity index (χ2n) is 8.47. The molecular weight excluding hydrogens is 406 g/mol. The van der Waals surface area contributed by atoms with Crippen LogP contribution in [0, 0.1) is 11.8 Å². The van der Waals surface area contributed by atoms with E-state index >= 15 is 0 Å². The Morgan fingerprint density at radius 1 is 1.12 bits per heavy atom. The van der Waals surface area contributed by atoms with E-state index in [9.17, 15) is 24.9 Å². The van der Waals surface area contributed by atoms with Crippen molar-refractivity contribution in [3.63, 3.8) is 0 Å². The second kappa shape index (κ2) is 11.5. The Labute approximate surface area is 189 Å². The summed E-state index contributed by atoms with van der Waals surface area (Å²) in [5.74, 6) is -0.715. The van der Waals surface area contributed by atoms with Gasteiger partial charge in [0.05, 0.1) is 0 Å². The van der Waals surface area contributed by atoms with Crippen molar-refractivity contribution < 1.29 is 24.9 Å². The Bertz CT molecular complexity index is 939. The third-order valence-corrected chi connectivity index (χ3v) is 5.59. The van der Waals surface area contributed by atoms with E-state index in [1.807, 2.05) is 13.0 Å². The molecule has 0 bridgehead atoms. The first-order chi connectivity index (χ1) is 15.1. The summed E-state index contributed by atoms with van der Waals surface area (Å²) in [5, 5.41) is 32.5. The number of rotatable bonds is 9. The van der Waals surface area contributed by atoms with Gasteiger partial charge in [-0.25, -0.2) is 0 Å². The first-order valence-electron chi connectivity index (χ1n) is 10.9. The Balaban J connectivity index is 2.06. The number of aliphatic hydroxyl groups excluding tert-OH is 2. The molecule has 1 heterocycles. The number of carbonyl (C=O) groups is 2. The molecule has 0 radical (unpaired) electrons. The number of aliphatic hydroxyl groups is 2. The van der Waals surface area contributed by atoms with Crippen LogP contribution in [-0.4, -0.2) is 33.1 Å². The Hall–Kier alpha value is -3.12. The lowest BCUT2D eigenvalue weighted by molar-refractivity contribution is -0.118. The fraction of sp³-hybridized carbons (Fsp3) is 0.385. The van der Waals surface area contributed by atoms with E-state index in [2.05, 4.69) is 32.2 Å². The van der Waals surface area contributed by atoms with Gasteiger partial charge in [-0.3, -0.25) is 9.59 Å². The van der Waals surface area contributed by atoms with Crippen molar-refractivity contribution in [3.05, 3.63) is 77.1 Å². The summed E-state index contributed by atoms with van der Waals surface area (Å²) in [4.78, 5) is 24.9. The highest BCUT2D eigenvalue weighted by molar-refractivity contribution is 6.27. The second-order valence-corrected chi connectivity index (χ2v) is 8.47. The largest absolute Gasteiger partial charge is 0.508 e. The number of hydrogen-bond donors (Lipinski definition) is 4. The van der Waals surface area contributed by atoms with E-state index < -0.39 is 29.6 Å². The van der Waals surface area contributed by atoms with E-state index in [1.54, 1.807) is 12.2 Å². The van der Waals surface area contributed by atoms with E-state index in [-0.39, 0.29) is 11.3 Å². The van der Waals surface area contributed by atoms with E-state index in [1.165, 1.54) is 30.3 Å². The molecule has 172 valence electrons. The molecule has 1 aromatic carbocycles. The van der Waals surface area contributed by atoms with Crippen molar-refractivity contribution >= 4 is 11.7 Å². The first kappa shape index (κ1) is 25.1. The van der Waals surface area contributed by atoms with Crippen LogP contribution in [0.3, 0.4) is 0 Å². The van der Waals surface area contributed by atoms with Crippen molar-refractivity contribution in [2.24, 2.45) is 11.8 Å². The van der Waals surface area contributed by atoms with Crippen LogP contribution >= 0.6 is 0 Å². The molecule has 1 saturated heterocycles. The minimum absolute atomic E-state index is 0.0224. The van der Waals surface area contributed by atoms with Crippen molar-refractivity contribution in [1.82, 2.24) is 5.32 Å². The van der Waals surface area contributed by atoms with Gasteiger partial charge in [0.25, 0.3) is 5.91 Å². The maximum absolute atomic E-state index is 12.6. The van der Waals surface area contributed by atoms with Gasteiger partial charge in [-0.1, -0.05) is 69.2 Å². The van der Waals surface area contributed by atoms with Crippen LogP contribution in [0.2, 0.25) is 0 Å². The maximum atomic E-state index is 12.6. The number of ketones is 1. The lowest BCUT2D eigenvalue weighted by atomic mass is 9.94. The zero-order valence-corrected chi connectivity index (χ0v) is 19.1. The van der Waals surface area contributed by atoms with Crippen LogP contribution < -0.4 is 5.32 Å². The fourth-order valence-corrected chi connectivity index (χ4v) is 3.69. The molecule has 4 N–H and O–H groups in total. The monoisotopic (exact) mass is 439 g/mol. The van der Waals surface area contributed by atoms with E-state index in [0.29, 0.717) is 17.4 Å². The van der Waals surface area contributed by atoms with Gasteiger partial charge in [-0.2, -0.15) is 0 Å². The Kier molecular flexibility index (Phi) is 9.02. The molecule has 0 unspecified atom stereocenters. The average Bonchev–Trinajstić information content (AvgIpc) is 3.04. The van der Waals surface area contributed by atoms with Gasteiger partial charge < -0.3 is 20.6 Å². The number of phenolic OH excluding ortho intramolecular Hbond substituents is 1. The number of carbonyl (C=O) groups excluding carboxylic acids is 2. The number of hydrogen-bond acceptors (Lipinski definition) is 5. The number of benzene rings is 1. The molecule has 1 aliphatic rings. The van der Waals surface area contributed by atoms with E-state index in [4.69, 9.17) is 0 Å². The summed E-state index contributed by atoms with van der Waals surface area (Å²) in [5.41, 5.74) is 1.07. The minimum Gasteiger partial charge on any atom is -0.508 e. The molecule has 0 saturated carbocycles. The summed E-state index contributed by atoms with van der Waals surface area (Å²) in [7, 11) is 0. The van der Waals surface area contributed by atoms with Crippen LogP contribution in [0.1, 0.15) is 52.2 Å². The quantitative estimate of drug-likeness (QED) is 0.197. The van der Waals surface area contributed by atoms with Crippen LogP contribution in [0.5, 0.6) is 5.75 Å². The molecule has 6 nitrogen and oxygen atoms in total. The summed E-state index contributed by atoms with van der Waals surface area (Å²) in [6.45, 7) is 8.61. The maximum Gasteiger partial charge on any atom is 0.259 e. The molecular formula is C26H33NO5. The number of aromatic hydroxyl groups is 1. The van der Waals surface area contributed by atoms with E-state index in [0.717, 1.165) is 18.4 Å². The summed E-state index contributed by atoms with van der Waals surface area (Å²) < 4.78 is 0. The Morgan fingerprint density at radius 3 is 2.38 bits per heavy atom. The normalized spacial score (nSPS) is 21.8. The predicted octanol–water partition coefficient (Wildman–Crippen LogP) is 4.44. The number of phenols is 1.